The highest BCUT2D eigenvalue weighted by Crippen LogP contribution is 2.27. The lowest BCUT2D eigenvalue weighted by atomic mass is 10.0. The molecule has 4 atom stereocenters. The van der Waals surface area contributed by atoms with Crippen molar-refractivity contribution < 1.29 is 28.5 Å². The van der Waals surface area contributed by atoms with Crippen molar-refractivity contribution in [1.29, 1.82) is 0 Å². The van der Waals surface area contributed by atoms with Gasteiger partial charge in [0.25, 0.3) is 0 Å². The molecule has 1 unspecified atom stereocenters. The van der Waals surface area contributed by atoms with Gasteiger partial charge in [0.2, 0.25) is 6.29 Å². The molecular weight excluding hydrogens is 456 g/mol. The van der Waals surface area contributed by atoms with E-state index in [0.717, 1.165) is 16.7 Å². The molecule has 190 valence electrons. The lowest BCUT2D eigenvalue weighted by Crippen LogP contribution is -2.44. The average Bonchev–Trinajstić information content (AvgIpc) is 3.06. The summed E-state index contributed by atoms with van der Waals surface area (Å²) in [6.07, 6.45) is -0.699. The van der Waals surface area contributed by atoms with Crippen LogP contribution in [0.1, 0.15) is 36.5 Å². The molecule has 0 N–H and O–H groups in total. The minimum Gasteiger partial charge on any atom is -0.436 e. The first-order valence-corrected chi connectivity index (χ1v) is 12.4. The number of ether oxygens (including phenoxy) is 5. The summed E-state index contributed by atoms with van der Waals surface area (Å²) in [4.78, 5) is 11.7. The van der Waals surface area contributed by atoms with Crippen LogP contribution in [0.3, 0.4) is 0 Å². The minimum absolute atomic E-state index is 0.264. The van der Waals surface area contributed by atoms with Gasteiger partial charge in [0.1, 0.15) is 12.2 Å². The zero-order valence-electron chi connectivity index (χ0n) is 20.7. The number of carbonyl (C=O) groups excluding carboxylic acids is 1. The summed E-state index contributed by atoms with van der Waals surface area (Å²) in [5, 5.41) is 0. The molecule has 0 radical (unpaired) electrons. The largest absolute Gasteiger partial charge is 0.436 e. The highest BCUT2D eigenvalue weighted by Gasteiger charge is 2.38. The Kier molecular flexibility index (Phi) is 10.1. The molecule has 0 spiro atoms. The van der Waals surface area contributed by atoms with Crippen molar-refractivity contribution in [3.8, 4) is 0 Å². The van der Waals surface area contributed by atoms with E-state index in [-0.39, 0.29) is 18.7 Å². The Hall–Kier alpha value is -3.03. The lowest BCUT2D eigenvalue weighted by Gasteiger charge is -2.31. The maximum atomic E-state index is 11.7. The summed E-state index contributed by atoms with van der Waals surface area (Å²) in [6.45, 7) is 2.97. The molecule has 3 aromatic carbocycles. The van der Waals surface area contributed by atoms with Crippen molar-refractivity contribution >= 4 is 5.97 Å². The van der Waals surface area contributed by atoms with Crippen LogP contribution in [0.2, 0.25) is 0 Å². The molecule has 1 aliphatic heterocycles. The molecule has 1 saturated heterocycles. The second kappa shape index (κ2) is 13.9. The van der Waals surface area contributed by atoms with Crippen LogP contribution in [0.4, 0.5) is 0 Å². The molecule has 4 rings (SSSR count). The van der Waals surface area contributed by atoms with Gasteiger partial charge in [0, 0.05) is 13.3 Å². The third kappa shape index (κ3) is 8.28. The molecule has 1 fully saturated rings. The number of hydrogen-bond acceptors (Lipinski definition) is 6. The molecule has 0 amide bonds. The van der Waals surface area contributed by atoms with Gasteiger partial charge in [0.05, 0.1) is 32.5 Å². The van der Waals surface area contributed by atoms with E-state index in [1.165, 1.54) is 6.92 Å². The van der Waals surface area contributed by atoms with Crippen LogP contribution >= 0.6 is 0 Å². The Morgan fingerprint density at radius 1 is 0.750 bits per heavy atom. The first-order valence-electron chi connectivity index (χ1n) is 12.4. The Morgan fingerprint density at radius 2 is 1.28 bits per heavy atom. The van der Waals surface area contributed by atoms with E-state index in [0.29, 0.717) is 32.7 Å². The second-order valence-electron chi connectivity index (χ2n) is 8.89. The quantitative estimate of drug-likeness (QED) is 0.334. The van der Waals surface area contributed by atoms with E-state index < -0.39 is 18.5 Å². The molecule has 0 saturated carbocycles. The van der Waals surface area contributed by atoms with Crippen LogP contribution in [0.5, 0.6) is 0 Å². The fourth-order valence-corrected chi connectivity index (χ4v) is 4.25. The minimum atomic E-state index is -0.680. The predicted molar refractivity (Wildman–Crippen MR) is 136 cm³/mol. The SMILES string of the molecule is CC(=O)OC1CC[C@H](OCc2ccccc2)[C@H](OCc2ccccc2)[C@@H](COCc2ccccc2)O1. The van der Waals surface area contributed by atoms with Gasteiger partial charge in [0.15, 0.2) is 0 Å². The van der Waals surface area contributed by atoms with Gasteiger partial charge < -0.3 is 23.7 Å². The third-order valence-electron chi connectivity index (χ3n) is 6.03. The molecule has 6 nitrogen and oxygen atoms in total. The van der Waals surface area contributed by atoms with Crippen molar-refractivity contribution in [3.63, 3.8) is 0 Å². The average molecular weight is 491 g/mol. The zero-order valence-corrected chi connectivity index (χ0v) is 20.7. The number of carbonyl (C=O) groups is 1. The van der Waals surface area contributed by atoms with E-state index in [4.69, 9.17) is 23.7 Å². The summed E-state index contributed by atoms with van der Waals surface area (Å²) in [5.74, 6) is -0.380. The van der Waals surface area contributed by atoms with E-state index in [9.17, 15) is 4.79 Å². The van der Waals surface area contributed by atoms with Gasteiger partial charge in [-0.05, 0) is 23.1 Å². The van der Waals surface area contributed by atoms with Crippen LogP contribution in [0, 0.1) is 0 Å². The first-order chi connectivity index (χ1) is 17.7. The standard InChI is InChI=1S/C30H34O6/c1-23(31)35-29-18-17-27(33-20-25-13-7-3-8-14-25)30(34-21-26-15-9-4-10-16-26)28(36-29)22-32-19-24-11-5-2-6-12-24/h2-16,27-30H,17-22H2,1H3/t27-,28+,29?,30-/m0/s1. The van der Waals surface area contributed by atoms with E-state index in [1.54, 1.807) is 0 Å². The highest BCUT2D eigenvalue weighted by atomic mass is 16.7. The van der Waals surface area contributed by atoms with E-state index in [2.05, 4.69) is 0 Å². The topological polar surface area (TPSA) is 63.2 Å². The van der Waals surface area contributed by atoms with Gasteiger partial charge in [-0.3, -0.25) is 4.79 Å². The van der Waals surface area contributed by atoms with Crippen LogP contribution in [-0.2, 0) is 48.3 Å². The molecule has 0 aromatic heterocycles. The second-order valence-corrected chi connectivity index (χ2v) is 8.89. The number of esters is 1. The van der Waals surface area contributed by atoms with Gasteiger partial charge >= 0.3 is 5.97 Å². The molecule has 1 aliphatic rings. The lowest BCUT2D eigenvalue weighted by molar-refractivity contribution is -0.214. The third-order valence-corrected chi connectivity index (χ3v) is 6.03. The molecule has 0 aliphatic carbocycles. The van der Waals surface area contributed by atoms with Crippen molar-refractivity contribution in [2.45, 2.75) is 64.2 Å². The van der Waals surface area contributed by atoms with Crippen LogP contribution in [0.15, 0.2) is 91.0 Å². The maximum Gasteiger partial charge on any atom is 0.304 e. The molecule has 6 heteroatoms. The number of hydrogen-bond donors (Lipinski definition) is 0. The van der Waals surface area contributed by atoms with Gasteiger partial charge in [-0.25, -0.2) is 0 Å². The molecule has 3 aromatic rings. The Balaban J connectivity index is 1.50. The van der Waals surface area contributed by atoms with Crippen molar-refractivity contribution in [3.05, 3.63) is 108 Å². The molecule has 1 heterocycles. The van der Waals surface area contributed by atoms with Gasteiger partial charge in [-0.15, -0.1) is 0 Å². The van der Waals surface area contributed by atoms with Crippen LogP contribution in [-0.4, -0.2) is 37.2 Å². The molecule has 36 heavy (non-hydrogen) atoms. The Labute approximate surface area is 213 Å². The van der Waals surface area contributed by atoms with Crippen molar-refractivity contribution in [2.75, 3.05) is 6.61 Å². The van der Waals surface area contributed by atoms with Gasteiger partial charge in [-0.2, -0.15) is 0 Å². The van der Waals surface area contributed by atoms with E-state index >= 15 is 0 Å². The summed E-state index contributed by atoms with van der Waals surface area (Å²) < 4.78 is 30.6. The monoisotopic (exact) mass is 490 g/mol. The molecule has 0 bridgehead atoms. The maximum absolute atomic E-state index is 11.7. The van der Waals surface area contributed by atoms with Crippen molar-refractivity contribution in [2.24, 2.45) is 0 Å². The molecular formula is C30H34O6. The van der Waals surface area contributed by atoms with Crippen LogP contribution in [0.25, 0.3) is 0 Å². The fourth-order valence-electron chi connectivity index (χ4n) is 4.25. The Morgan fingerprint density at radius 3 is 1.83 bits per heavy atom. The fraction of sp³-hybridized carbons (Fsp3) is 0.367. The summed E-state index contributed by atoms with van der Waals surface area (Å²) in [5.41, 5.74) is 3.21. The smallest absolute Gasteiger partial charge is 0.304 e. The normalized spacial score (nSPS) is 22.0. The highest BCUT2D eigenvalue weighted by molar-refractivity contribution is 5.66. The number of benzene rings is 3. The van der Waals surface area contributed by atoms with Crippen LogP contribution < -0.4 is 0 Å². The zero-order chi connectivity index (χ0) is 25.0. The summed E-state index contributed by atoms with van der Waals surface area (Å²) in [6, 6.07) is 30.0. The van der Waals surface area contributed by atoms with Gasteiger partial charge in [-0.1, -0.05) is 91.0 Å². The number of rotatable bonds is 11. The summed E-state index contributed by atoms with van der Waals surface area (Å²) in [7, 11) is 0. The first kappa shape index (κ1) is 26.0. The van der Waals surface area contributed by atoms with E-state index in [1.807, 2.05) is 91.0 Å². The predicted octanol–water partition coefficient (Wildman–Crippen LogP) is 5.44. The Bertz CT molecular complexity index is 1030. The summed E-state index contributed by atoms with van der Waals surface area (Å²) >= 11 is 0. The van der Waals surface area contributed by atoms with Crippen molar-refractivity contribution in [1.82, 2.24) is 0 Å².